The molecule has 0 aromatic heterocycles. The Bertz CT molecular complexity index is 186. The lowest BCUT2D eigenvalue weighted by atomic mass is 9.66. The van der Waals surface area contributed by atoms with Crippen molar-refractivity contribution >= 4 is 0 Å². The van der Waals surface area contributed by atoms with E-state index >= 15 is 0 Å². The summed E-state index contributed by atoms with van der Waals surface area (Å²) >= 11 is 0. The van der Waals surface area contributed by atoms with Gasteiger partial charge in [-0.2, -0.15) is 0 Å². The Kier molecular flexibility index (Phi) is 4.00. The summed E-state index contributed by atoms with van der Waals surface area (Å²) in [6, 6.07) is 0.551. The predicted octanol–water partition coefficient (Wildman–Crippen LogP) is 1.31. The minimum absolute atomic E-state index is 0.336. The standard InChI is InChI=1S/C12H23NO2/c14-7-6-12(4-2-5-12)10-13-11-3-1-8-15-9-11/h11,13-14H,1-10H2. The molecular formula is C12H23NO2. The molecule has 2 fully saturated rings. The SMILES string of the molecule is OCCC1(CNC2CCCOC2)CCC1. The molecule has 0 aromatic carbocycles. The van der Waals surface area contributed by atoms with Crippen molar-refractivity contribution in [2.45, 2.75) is 44.6 Å². The first kappa shape index (κ1) is 11.4. The van der Waals surface area contributed by atoms with Crippen LogP contribution in [0.15, 0.2) is 0 Å². The van der Waals surface area contributed by atoms with E-state index in [-0.39, 0.29) is 0 Å². The third-order valence-corrected chi connectivity index (χ3v) is 3.98. The molecule has 1 saturated carbocycles. The number of nitrogens with one attached hydrogen (secondary N) is 1. The van der Waals surface area contributed by atoms with Crippen molar-refractivity contribution < 1.29 is 9.84 Å². The summed E-state index contributed by atoms with van der Waals surface area (Å²) in [6.07, 6.45) is 7.30. The Hall–Kier alpha value is -0.120. The molecule has 3 heteroatoms. The molecule has 1 heterocycles. The van der Waals surface area contributed by atoms with E-state index in [1.165, 1.54) is 32.1 Å². The van der Waals surface area contributed by atoms with Crippen LogP contribution in [0.3, 0.4) is 0 Å². The van der Waals surface area contributed by atoms with Crippen LogP contribution in [0.4, 0.5) is 0 Å². The monoisotopic (exact) mass is 213 g/mol. The average molecular weight is 213 g/mol. The van der Waals surface area contributed by atoms with E-state index in [9.17, 15) is 0 Å². The highest BCUT2D eigenvalue weighted by molar-refractivity contribution is 4.90. The number of hydrogen-bond acceptors (Lipinski definition) is 3. The topological polar surface area (TPSA) is 41.5 Å². The lowest BCUT2D eigenvalue weighted by molar-refractivity contribution is 0.0465. The lowest BCUT2D eigenvalue weighted by Crippen LogP contribution is -2.46. The van der Waals surface area contributed by atoms with Gasteiger partial charge in [0.05, 0.1) is 6.61 Å². The van der Waals surface area contributed by atoms with Gasteiger partial charge in [-0.25, -0.2) is 0 Å². The number of hydrogen-bond donors (Lipinski definition) is 2. The van der Waals surface area contributed by atoms with Crippen LogP contribution in [0.25, 0.3) is 0 Å². The molecule has 88 valence electrons. The predicted molar refractivity (Wildman–Crippen MR) is 59.8 cm³/mol. The second-order valence-electron chi connectivity index (χ2n) is 5.12. The van der Waals surface area contributed by atoms with Crippen molar-refractivity contribution in [3.05, 3.63) is 0 Å². The van der Waals surface area contributed by atoms with Gasteiger partial charge in [-0.1, -0.05) is 6.42 Å². The molecule has 1 unspecified atom stereocenters. The quantitative estimate of drug-likeness (QED) is 0.723. The van der Waals surface area contributed by atoms with Crippen molar-refractivity contribution in [3.8, 4) is 0 Å². The van der Waals surface area contributed by atoms with E-state index < -0.39 is 0 Å². The van der Waals surface area contributed by atoms with Crippen molar-refractivity contribution in [3.63, 3.8) is 0 Å². The smallest absolute Gasteiger partial charge is 0.0619 e. The summed E-state index contributed by atoms with van der Waals surface area (Å²) in [4.78, 5) is 0. The maximum atomic E-state index is 9.05. The van der Waals surface area contributed by atoms with E-state index in [1.54, 1.807) is 0 Å². The zero-order valence-electron chi connectivity index (χ0n) is 9.50. The molecule has 1 saturated heterocycles. The van der Waals surface area contributed by atoms with Gasteiger partial charge in [-0.15, -0.1) is 0 Å². The summed E-state index contributed by atoms with van der Waals surface area (Å²) in [5, 5.41) is 12.7. The number of ether oxygens (including phenoxy) is 1. The first-order valence-corrected chi connectivity index (χ1v) is 6.27. The fourth-order valence-corrected chi connectivity index (χ4v) is 2.69. The average Bonchev–Trinajstić information content (AvgIpc) is 2.23. The maximum absolute atomic E-state index is 9.05. The minimum Gasteiger partial charge on any atom is -0.396 e. The minimum atomic E-state index is 0.336. The van der Waals surface area contributed by atoms with Gasteiger partial charge in [0.1, 0.15) is 0 Å². The molecule has 0 aromatic rings. The second-order valence-corrected chi connectivity index (χ2v) is 5.12. The Labute approximate surface area is 92.2 Å². The van der Waals surface area contributed by atoms with Crippen LogP contribution in [0.5, 0.6) is 0 Å². The first-order chi connectivity index (χ1) is 7.35. The maximum Gasteiger partial charge on any atom is 0.0619 e. The second kappa shape index (κ2) is 5.28. The highest BCUT2D eigenvalue weighted by Crippen LogP contribution is 2.43. The largest absolute Gasteiger partial charge is 0.396 e. The van der Waals surface area contributed by atoms with E-state index in [4.69, 9.17) is 9.84 Å². The van der Waals surface area contributed by atoms with Crippen LogP contribution in [-0.2, 0) is 4.74 Å². The van der Waals surface area contributed by atoms with Gasteiger partial charge in [0.25, 0.3) is 0 Å². The van der Waals surface area contributed by atoms with E-state index in [0.717, 1.165) is 26.2 Å². The Morgan fingerprint density at radius 3 is 2.73 bits per heavy atom. The molecule has 0 amide bonds. The Morgan fingerprint density at radius 2 is 2.20 bits per heavy atom. The summed E-state index contributed by atoms with van der Waals surface area (Å²) in [7, 11) is 0. The van der Waals surface area contributed by atoms with Crippen molar-refractivity contribution in [2.75, 3.05) is 26.4 Å². The molecule has 1 aliphatic heterocycles. The highest BCUT2D eigenvalue weighted by atomic mass is 16.5. The summed E-state index contributed by atoms with van der Waals surface area (Å²) in [5.41, 5.74) is 0.409. The number of rotatable bonds is 5. The van der Waals surface area contributed by atoms with Gasteiger partial charge in [-0.05, 0) is 37.5 Å². The van der Waals surface area contributed by atoms with E-state index in [1.807, 2.05) is 0 Å². The summed E-state index contributed by atoms with van der Waals surface area (Å²) in [6.45, 7) is 3.21. The fourth-order valence-electron chi connectivity index (χ4n) is 2.69. The van der Waals surface area contributed by atoms with Crippen LogP contribution < -0.4 is 5.32 Å². The lowest BCUT2D eigenvalue weighted by Gasteiger charge is -2.43. The highest BCUT2D eigenvalue weighted by Gasteiger charge is 2.36. The molecule has 2 rings (SSSR count). The molecule has 1 aliphatic carbocycles. The van der Waals surface area contributed by atoms with Crippen LogP contribution >= 0.6 is 0 Å². The van der Waals surface area contributed by atoms with Gasteiger partial charge in [0.15, 0.2) is 0 Å². The molecule has 0 spiro atoms. The Balaban J connectivity index is 1.70. The summed E-state index contributed by atoms with van der Waals surface area (Å²) in [5.74, 6) is 0. The van der Waals surface area contributed by atoms with Gasteiger partial charge >= 0.3 is 0 Å². The molecule has 3 nitrogen and oxygen atoms in total. The molecular weight excluding hydrogens is 190 g/mol. The molecule has 1 atom stereocenters. The molecule has 2 N–H and O–H groups in total. The zero-order chi connectivity index (χ0) is 10.6. The Morgan fingerprint density at radius 1 is 1.33 bits per heavy atom. The normalized spacial score (nSPS) is 29.8. The number of aliphatic hydroxyl groups is 1. The molecule has 0 bridgehead atoms. The van der Waals surface area contributed by atoms with Crippen LogP contribution in [0.2, 0.25) is 0 Å². The third-order valence-electron chi connectivity index (χ3n) is 3.98. The van der Waals surface area contributed by atoms with E-state index in [2.05, 4.69) is 5.32 Å². The summed E-state index contributed by atoms with van der Waals surface area (Å²) < 4.78 is 5.45. The van der Waals surface area contributed by atoms with Crippen LogP contribution in [0, 0.1) is 5.41 Å². The van der Waals surface area contributed by atoms with Gasteiger partial charge < -0.3 is 15.2 Å². The third kappa shape index (κ3) is 2.92. The van der Waals surface area contributed by atoms with Gasteiger partial charge in [0.2, 0.25) is 0 Å². The molecule has 0 radical (unpaired) electrons. The molecule has 15 heavy (non-hydrogen) atoms. The van der Waals surface area contributed by atoms with E-state index in [0.29, 0.717) is 18.1 Å². The fraction of sp³-hybridized carbons (Fsp3) is 1.00. The van der Waals surface area contributed by atoms with Gasteiger partial charge in [-0.3, -0.25) is 0 Å². The van der Waals surface area contributed by atoms with Crippen molar-refractivity contribution in [2.24, 2.45) is 5.41 Å². The van der Waals surface area contributed by atoms with Crippen LogP contribution in [-0.4, -0.2) is 37.5 Å². The van der Waals surface area contributed by atoms with Crippen LogP contribution in [0.1, 0.15) is 38.5 Å². The zero-order valence-corrected chi connectivity index (χ0v) is 9.50. The van der Waals surface area contributed by atoms with Gasteiger partial charge in [0, 0.05) is 25.8 Å². The number of aliphatic hydroxyl groups excluding tert-OH is 1. The van der Waals surface area contributed by atoms with Crippen molar-refractivity contribution in [1.82, 2.24) is 5.32 Å². The first-order valence-electron chi connectivity index (χ1n) is 6.27. The molecule has 2 aliphatic rings. The van der Waals surface area contributed by atoms with Crippen molar-refractivity contribution in [1.29, 1.82) is 0 Å².